The van der Waals surface area contributed by atoms with Gasteiger partial charge in [0.25, 0.3) is 0 Å². The molecule has 1 aromatic heterocycles. The molecule has 3 atom stereocenters. The largest absolute Gasteiger partial charge is 0.463 e. The number of nitrogens with one attached hydrogen (secondary N) is 1. The minimum Gasteiger partial charge on any atom is -0.463 e. The van der Waals surface area contributed by atoms with Crippen LogP contribution < -0.4 is 5.32 Å². The van der Waals surface area contributed by atoms with Crippen LogP contribution in [0.1, 0.15) is 49.0 Å². The first-order valence-corrected chi connectivity index (χ1v) is 7.24. The molecule has 1 aromatic rings. The Hall–Kier alpha value is -1.33. The quantitative estimate of drug-likeness (QED) is 0.812. The van der Waals surface area contributed by atoms with Crippen molar-refractivity contribution in [2.75, 3.05) is 20.3 Å². The predicted molar refractivity (Wildman–Crippen MR) is 74.6 cm³/mol. The number of carbonyl (C=O) groups excluding carboxylic acids is 1. The van der Waals surface area contributed by atoms with Gasteiger partial charge in [-0.15, -0.1) is 0 Å². The summed E-state index contributed by atoms with van der Waals surface area (Å²) in [5, 5.41) is 3.45. The van der Waals surface area contributed by atoms with Crippen molar-refractivity contribution in [1.82, 2.24) is 5.32 Å². The van der Waals surface area contributed by atoms with E-state index in [0.29, 0.717) is 5.92 Å². The van der Waals surface area contributed by atoms with Crippen molar-refractivity contribution in [3.05, 3.63) is 23.7 Å². The average Bonchev–Trinajstić information content (AvgIpc) is 3.12. The highest BCUT2D eigenvalue weighted by Gasteiger charge is 2.35. The Kier molecular flexibility index (Phi) is 5.20. The molecule has 2 heterocycles. The van der Waals surface area contributed by atoms with E-state index in [1.165, 1.54) is 7.11 Å². The van der Waals surface area contributed by atoms with Gasteiger partial charge in [-0.3, -0.25) is 0 Å². The van der Waals surface area contributed by atoms with Gasteiger partial charge in [-0.25, -0.2) is 4.79 Å². The molecule has 3 unspecified atom stereocenters. The molecule has 1 aliphatic rings. The van der Waals surface area contributed by atoms with Crippen LogP contribution in [0.2, 0.25) is 0 Å². The fraction of sp³-hybridized carbons (Fsp3) is 0.667. The van der Waals surface area contributed by atoms with Gasteiger partial charge in [0, 0.05) is 12.5 Å². The van der Waals surface area contributed by atoms with Gasteiger partial charge in [-0.2, -0.15) is 0 Å². The van der Waals surface area contributed by atoms with Crippen molar-refractivity contribution in [1.29, 1.82) is 0 Å². The number of ether oxygens (including phenoxy) is 2. The number of hydrogen-bond donors (Lipinski definition) is 1. The Balaban J connectivity index is 2.19. The van der Waals surface area contributed by atoms with Crippen molar-refractivity contribution >= 4 is 5.97 Å². The highest BCUT2D eigenvalue weighted by molar-refractivity contribution is 5.86. The summed E-state index contributed by atoms with van der Waals surface area (Å²) >= 11 is 0. The molecule has 20 heavy (non-hydrogen) atoms. The van der Waals surface area contributed by atoms with Crippen LogP contribution in [-0.2, 0) is 9.47 Å². The van der Waals surface area contributed by atoms with E-state index in [4.69, 9.17) is 9.15 Å². The normalized spacial score (nSPS) is 23.8. The first-order chi connectivity index (χ1) is 9.71. The lowest BCUT2D eigenvalue weighted by molar-refractivity contribution is 0.0556. The summed E-state index contributed by atoms with van der Waals surface area (Å²) in [5.74, 6) is 0.955. The molecule has 0 amide bonds. The third-order valence-electron chi connectivity index (χ3n) is 3.84. The molecular formula is C15H23NO4. The molecule has 0 aliphatic carbocycles. The molecule has 1 fully saturated rings. The van der Waals surface area contributed by atoms with Gasteiger partial charge in [-0.1, -0.05) is 13.8 Å². The fourth-order valence-corrected chi connectivity index (χ4v) is 2.88. The molecule has 1 aliphatic heterocycles. The summed E-state index contributed by atoms with van der Waals surface area (Å²) in [7, 11) is 1.35. The first-order valence-electron chi connectivity index (χ1n) is 7.24. The zero-order chi connectivity index (χ0) is 14.5. The van der Waals surface area contributed by atoms with Gasteiger partial charge in [0.1, 0.15) is 5.76 Å². The van der Waals surface area contributed by atoms with Gasteiger partial charge in [0.2, 0.25) is 5.76 Å². The third-order valence-corrected chi connectivity index (χ3v) is 3.84. The smallest absolute Gasteiger partial charge is 0.373 e. The molecule has 0 saturated carbocycles. The van der Waals surface area contributed by atoms with Crippen LogP contribution in [0, 0.1) is 5.92 Å². The summed E-state index contributed by atoms with van der Waals surface area (Å²) < 4.78 is 16.1. The van der Waals surface area contributed by atoms with E-state index in [-0.39, 0.29) is 17.9 Å². The van der Waals surface area contributed by atoms with Crippen molar-refractivity contribution in [2.24, 2.45) is 5.92 Å². The van der Waals surface area contributed by atoms with Crippen molar-refractivity contribution in [3.63, 3.8) is 0 Å². The molecule has 2 rings (SSSR count). The van der Waals surface area contributed by atoms with Gasteiger partial charge in [0.15, 0.2) is 0 Å². The second kappa shape index (κ2) is 6.90. The Bertz CT molecular complexity index is 443. The Morgan fingerprint density at radius 1 is 1.50 bits per heavy atom. The Morgan fingerprint density at radius 2 is 2.30 bits per heavy atom. The summed E-state index contributed by atoms with van der Waals surface area (Å²) in [4.78, 5) is 11.5. The van der Waals surface area contributed by atoms with Crippen molar-refractivity contribution < 1.29 is 18.7 Å². The molecule has 112 valence electrons. The van der Waals surface area contributed by atoms with Crippen LogP contribution in [0.25, 0.3) is 0 Å². The summed E-state index contributed by atoms with van der Waals surface area (Å²) in [6, 6.07) is 3.60. The summed E-state index contributed by atoms with van der Waals surface area (Å²) in [6.07, 6.45) is 2.23. The minimum absolute atomic E-state index is 0.0749. The summed E-state index contributed by atoms with van der Waals surface area (Å²) in [6.45, 7) is 5.82. The highest BCUT2D eigenvalue weighted by atomic mass is 16.5. The van der Waals surface area contributed by atoms with Gasteiger partial charge >= 0.3 is 5.97 Å². The van der Waals surface area contributed by atoms with E-state index in [0.717, 1.165) is 31.8 Å². The van der Waals surface area contributed by atoms with E-state index in [1.54, 1.807) is 6.07 Å². The number of methoxy groups -OCH3 is 1. The standard InChI is InChI=1S/C15H23NO4/c1-4-11-10(8-9-19-11)14(16-5-2)12-6-7-13(20-12)15(17)18-3/h6-7,10-11,14,16H,4-5,8-9H2,1-3H3. The maximum atomic E-state index is 11.5. The van der Waals surface area contributed by atoms with Crippen LogP contribution in [0.5, 0.6) is 0 Å². The van der Waals surface area contributed by atoms with Gasteiger partial charge in [0.05, 0.1) is 19.3 Å². The van der Waals surface area contributed by atoms with Crippen LogP contribution in [0.15, 0.2) is 16.5 Å². The topological polar surface area (TPSA) is 60.7 Å². The molecule has 1 N–H and O–H groups in total. The molecule has 5 heteroatoms. The summed E-state index contributed by atoms with van der Waals surface area (Å²) in [5.41, 5.74) is 0. The SMILES string of the molecule is CCNC(c1ccc(C(=O)OC)o1)C1CCOC1CC. The van der Waals surface area contributed by atoms with Crippen molar-refractivity contribution in [3.8, 4) is 0 Å². The lowest BCUT2D eigenvalue weighted by atomic mass is 9.89. The lowest BCUT2D eigenvalue weighted by Crippen LogP contribution is -2.32. The van der Waals surface area contributed by atoms with E-state index in [2.05, 4.69) is 23.9 Å². The number of furan rings is 1. The molecule has 0 radical (unpaired) electrons. The van der Waals surface area contributed by atoms with E-state index < -0.39 is 5.97 Å². The monoisotopic (exact) mass is 281 g/mol. The predicted octanol–water partition coefficient (Wildman–Crippen LogP) is 2.53. The lowest BCUT2D eigenvalue weighted by Gasteiger charge is -2.26. The molecular weight excluding hydrogens is 258 g/mol. The molecule has 0 aromatic carbocycles. The fourth-order valence-electron chi connectivity index (χ4n) is 2.88. The second-order valence-corrected chi connectivity index (χ2v) is 5.00. The van der Waals surface area contributed by atoms with E-state index >= 15 is 0 Å². The minimum atomic E-state index is -0.443. The highest BCUT2D eigenvalue weighted by Crippen LogP contribution is 2.35. The first kappa shape index (κ1) is 15.1. The maximum absolute atomic E-state index is 11.5. The Morgan fingerprint density at radius 3 is 2.95 bits per heavy atom. The molecule has 0 spiro atoms. The zero-order valence-corrected chi connectivity index (χ0v) is 12.3. The van der Waals surface area contributed by atoms with Gasteiger partial charge < -0.3 is 19.2 Å². The number of esters is 1. The van der Waals surface area contributed by atoms with Crippen LogP contribution in [0.4, 0.5) is 0 Å². The zero-order valence-electron chi connectivity index (χ0n) is 12.3. The second-order valence-electron chi connectivity index (χ2n) is 5.00. The number of carbonyl (C=O) groups is 1. The average molecular weight is 281 g/mol. The van der Waals surface area contributed by atoms with E-state index in [9.17, 15) is 4.79 Å². The van der Waals surface area contributed by atoms with Crippen LogP contribution in [-0.4, -0.2) is 32.3 Å². The van der Waals surface area contributed by atoms with Crippen LogP contribution in [0.3, 0.4) is 0 Å². The Labute approximate surface area is 119 Å². The maximum Gasteiger partial charge on any atom is 0.373 e. The number of hydrogen-bond acceptors (Lipinski definition) is 5. The third kappa shape index (κ3) is 3.04. The van der Waals surface area contributed by atoms with Gasteiger partial charge in [-0.05, 0) is 31.5 Å². The molecule has 5 nitrogen and oxygen atoms in total. The van der Waals surface area contributed by atoms with Crippen molar-refractivity contribution in [2.45, 2.75) is 38.8 Å². The number of rotatable bonds is 6. The van der Waals surface area contributed by atoms with Crippen LogP contribution >= 0.6 is 0 Å². The molecule has 1 saturated heterocycles. The molecule has 0 bridgehead atoms. The van der Waals surface area contributed by atoms with E-state index in [1.807, 2.05) is 6.07 Å².